The number of aliphatic hydroxyl groups is 2. The van der Waals surface area contributed by atoms with E-state index in [1.165, 1.54) is 14.2 Å². The number of thioether (sulfide) groups is 1. The number of aromatic hydroxyl groups is 1. The van der Waals surface area contributed by atoms with Crippen LogP contribution in [0.1, 0.15) is 29.3 Å². The number of hydrogen-bond donors (Lipinski definition) is 3. The molecule has 0 radical (unpaired) electrons. The summed E-state index contributed by atoms with van der Waals surface area (Å²) in [4.78, 5) is 12.9. The highest BCUT2D eigenvalue weighted by molar-refractivity contribution is 14.1. The molecule has 4 atom stereocenters. The van der Waals surface area contributed by atoms with E-state index in [1.807, 2.05) is 22.6 Å². The smallest absolute Gasteiger partial charge is 0.224 e. The lowest BCUT2D eigenvalue weighted by molar-refractivity contribution is -0.179. The molecule has 1 aliphatic rings. The van der Waals surface area contributed by atoms with Crippen molar-refractivity contribution in [1.82, 2.24) is 0 Å². The first-order valence-corrected chi connectivity index (χ1v) is 9.54. The van der Waals surface area contributed by atoms with E-state index in [9.17, 15) is 20.1 Å². The van der Waals surface area contributed by atoms with Crippen molar-refractivity contribution < 1.29 is 34.3 Å². The van der Waals surface area contributed by atoms with Gasteiger partial charge in [0.2, 0.25) is 10.9 Å². The second-order valence-electron chi connectivity index (χ2n) is 5.70. The number of carbonyl (C=O) groups excluding carboxylic acids is 1. The minimum absolute atomic E-state index is 0.0435. The van der Waals surface area contributed by atoms with Crippen LogP contribution in [0, 0.1) is 10.5 Å². The van der Waals surface area contributed by atoms with Crippen molar-refractivity contribution in [3.05, 3.63) is 14.7 Å². The van der Waals surface area contributed by atoms with Crippen LogP contribution in [0.5, 0.6) is 17.2 Å². The third kappa shape index (κ3) is 4.00. The zero-order valence-corrected chi connectivity index (χ0v) is 17.3. The van der Waals surface area contributed by atoms with Gasteiger partial charge < -0.3 is 29.5 Å². The van der Waals surface area contributed by atoms with E-state index in [0.29, 0.717) is 9.13 Å². The van der Waals surface area contributed by atoms with Crippen LogP contribution in [0.2, 0.25) is 0 Å². The Morgan fingerprint density at radius 2 is 1.88 bits per heavy atom. The molecule has 0 bridgehead atoms. The fourth-order valence-electron chi connectivity index (χ4n) is 2.80. The number of benzene rings is 1. The van der Waals surface area contributed by atoms with Gasteiger partial charge in [0.1, 0.15) is 0 Å². The van der Waals surface area contributed by atoms with E-state index >= 15 is 0 Å². The molecule has 140 valence electrons. The van der Waals surface area contributed by atoms with E-state index in [-0.39, 0.29) is 34.3 Å². The Kier molecular flexibility index (Phi) is 6.82. The van der Waals surface area contributed by atoms with Crippen LogP contribution >= 0.6 is 34.4 Å². The average Bonchev–Trinajstić information content (AvgIpc) is 2.55. The molecule has 1 aromatic carbocycles. The zero-order valence-electron chi connectivity index (χ0n) is 14.3. The number of rotatable bonds is 4. The summed E-state index contributed by atoms with van der Waals surface area (Å²) in [7, 11) is 2.77. The largest absolute Gasteiger partial charge is 0.503 e. The van der Waals surface area contributed by atoms with Gasteiger partial charge in [-0.05, 0) is 42.0 Å². The highest BCUT2D eigenvalue weighted by Crippen LogP contribution is 2.46. The Labute approximate surface area is 163 Å². The number of phenolic OH excluding ortho intramolecular Hbond substituents is 1. The van der Waals surface area contributed by atoms with Crippen molar-refractivity contribution >= 4 is 39.5 Å². The summed E-state index contributed by atoms with van der Waals surface area (Å²) in [6.07, 6.45) is -2.38. The molecule has 1 fully saturated rings. The number of carbonyl (C=O) groups is 1. The van der Waals surface area contributed by atoms with E-state index < -0.39 is 23.7 Å². The predicted molar refractivity (Wildman–Crippen MR) is 102 cm³/mol. The van der Waals surface area contributed by atoms with Crippen LogP contribution in [0.4, 0.5) is 0 Å². The Morgan fingerprint density at radius 3 is 2.40 bits per heavy atom. The minimum atomic E-state index is -1.04. The van der Waals surface area contributed by atoms with E-state index in [2.05, 4.69) is 0 Å². The minimum Gasteiger partial charge on any atom is -0.503 e. The molecule has 0 aromatic heterocycles. The first-order chi connectivity index (χ1) is 11.7. The van der Waals surface area contributed by atoms with Crippen LogP contribution in [0.25, 0.3) is 0 Å². The third-order valence-electron chi connectivity index (χ3n) is 4.07. The fourth-order valence-corrected chi connectivity index (χ4v) is 4.45. The number of hydrogen-bond acceptors (Lipinski definition) is 8. The van der Waals surface area contributed by atoms with Gasteiger partial charge in [-0.2, -0.15) is 0 Å². The second-order valence-corrected chi connectivity index (χ2v) is 7.93. The Hall–Kier alpha value is -0.750. The lowest BCUT2D eigenvalue weighted by Crippen LogP contribution is -2.45. The molecule has 1 aliphatic heterocycles. The van der Waals surface area contributed by atoms with Crippen molar-refractivity contribution in [2.75, 3.05) is 14.2 Å². The molecule has 9 heteroatoms. The molecule has 1 saturated heterocycles. The normalized spacial score (nSPS) is 26.4. The maximum absolute atomic E-state index is 12.9. The van der Waals surface area contributed by atoms with Gasteiger partial charge in [0.25, 0.3) is 0 Å². The standard InChI is InChI=1S/C16H21IO7S/c1-6-10(13(22-3)14(23-4)12(20)11(6)17)16(21)25-15-7(2)24-9(19)5-8(15)18/h7-9,15,18-20H,5H2,1-4H3. The Balaban J connectivity index is 2.41. The SMILES string of the molecule is COc1c(O)c(I)c(C)c(C(=O)SC2C(O)CC(O)OC2C)c1OC. The van der Waals surface area contributed by atoms with Crippen molar-refractivity contribution in [2.45, 2.75) is 44.0 Å². The van der Waals surface area contributed by atoms with Crippen molar-refractivity contribution in [1.29, 1.82) is 0 Å². The van der Waals surface area contributed by atoms with Gasteiger partial charge in [0, 0.05) is 6.42 Å². The van der Waals surface area contributed by atoms with Crippen molar-refractivity contribution in [2.24, 2.45) is 0 Å². The zero-order chi connectivity index (χ0) is 18.9. The molecule has 4 unspecified atom stereocenters. The van der Waals surface area contributed by atoms with E-state index in [0.717, 1.165) is 11.8 Å². The summed E-state index contributed by atoms with van der Waals surface area (Å²) in [6.45, 7) is 3.40. The van der Waals surface area contributed by atoms with Gasteiger partial charge in [0.15, 0.2) is 17.8 Å². The summed E-state index contributed by atoms with van der Waals surface area (Å²) in [5.74, 6) is 0.149. The molecule has 0 amide bonds. The number of ether oxygens (including phenoxy) is 3. The van der Waals surface area contributed by atoms with Gasteiger partial charge in [-0.25, -0.2) is 0 Å². The highest BCUT2D eigenvalue weighted by Gasteiger charge is 2.38. The van der Waals surface area contributed by atoms with Gasteiger partial charge in [0.05, 0.1) is 40.8 Å². The quantitative estimate of drug-likeness (QED) is 0.558. The van der Waals surface area contributed by atoms with Crippen LogP contribution in [-0.4, -0.2) is 58.4 Å². The van der Waals surface area contributed by atoms with Crippen LogP contribution < -0.4 is 9.47 Å². The van der Waals surface area contributed by atoms with E-state index in [1.54, 1.807) is 13.8 Å². The topological polar surface area (TPSA) is 105 Å². The monoisotopic (exact) mass is 484 g/mol. The summed E-state index contributed by atoms with van der Waals surface area (Å²) in [5, 5.41) is 29.1. The third-order valence-corrected chi connectivity index (χ3v) is 6.78. The van der Waals surface area contributed by atoms with Crippen LogP contribution in [0.3, 0.4) is 0 Å². The number of aliphatic hydroxyl groups excluding tert-OH is 2. The maximum Gasteiger partial charge on any atom is 0.224 e. The molecule has 3 N–H and O–H groups in total. The van der Waals surface area contributed by atoms with Crippen LogP contribution in [-0.2, 0) is 4.74 Å². The summed E-state index contributed by atoms with van der Waals surface area (Å²) in [5.41, 5.74) is 0.837. The molecular weight excluding hydrogens is 463 g/mol. The molecular formula is C16H21IO7S. The first-order valence-electron chi connectivity index (χ1n) is 7.58. The average molecular weight is 484 g/mol. The summed E-state index contributed by atoms with van der Waals surface area (Å²) >= 11 is 2.86. The van der Waals surface area contributed by atoms with Gasteiger partial charge in [-0.3, -0.25) is 4.79 Å². The number of halogens is 1. The van der Waals surface area contributed by atoms with Gasteiger partial charge in [-0.15, -0.1) is 0 Å². The number of phenols is 1. The van der Waals surface area contributed by atoms with Crippen LogP contribution in [0.15, 0.2) is 0 Å². The van der Waals surface area contributed by atoms with Gasteiger partial charge >= 0.3 is 0 Å². The summed E-state index contributed by atoms with van der Waals surface area (Å²) in [6, 6.07) is 0. The molecule has 1 aromatic rings. The Bertz CT molecular complexity index is 655. The van der Waals surface area contributed by atoms with Gasteiger partial charge in [-0.1, -0.05) is 11.8 Å². The molecule has 7 nitrogen and oxygen atoms in total. The van der Waals surface area contributed by atoms with Crippen molar-refractivity contribution in [3.63, 3.8) is 0 Å². The lowest BCUT2D eigenvalue weighted by Gasteiger charge is -2.35. The molecule has 0 spiro atoms. The lowest BCUT2D eigenvalue weighted by atomic mass is 10.1. The second kappa shape index (κ2) is 8.30. The first kappa shape index (κ1) is 20.6. The molecule has 0 aliphatic carbocycles. The molecule has 1 heterocycles. The van der Waals surface area contributed by atoms with E-state index in [4.69, 9.17) is 14.2 Å². The highest BCUT2D eigenvalue weighted by atomic mass is 127. The fraction of sp³-hybridized carbons (Fsp3) is 0.562. The molecule has 25 heavy (non-hydrogen) atoms. The number of methoxy groups -OCH3 is 2. The molecule has 0 saturated carbocycles. The van der Waals surface area contributed by atoms with Crippen molar-refractivity contribution in [3.8, 4) is 17.2 Å². The predicted octanol–water partition coefficient (Wildman–Crippen LogP) is 2.05. The Morgan fingerprint density at radius 1 is 1.28 bits per heavy atom. The molecule has 2 rings (SSSR count). The summed E-state index contributed by atoms with van der Waals surface area (Å²) < 4.78 is 16.3. The maximum atomic E-state index is 12.9.